The molecule has 27 heavy (non-hydrogen) atoms. The van der Waals surface area contributed by atoms with E-state index < -0.39 is 0 Å². The molecule has 0 radical (unpaired) electrons. The molecule has 0 amide bonds. The molecule has 0 aromatic heterocycles. The maximum atomic E-state index is 5.65. The van der Waals surface area contributed by atoms with Crippen LogP contribution in [0, 0.1) is 6.92 Å². The largest absolute Gasteiger partial charge is 0.491 e. The summed E-state index contributed by atoms with van der Waals surface area (Å²) >= 11 is 0. The molecule has 138 valence electrons. The zero-order chi connectivity index (χ0) is 18.9. The van der Waals surface area contributed by atoms with Crippen molar-refractivity contribution in [2.75, 3.05) is 19.8 Å². The monoisotopic (exact) mass is 360 g/mol. The van der Waals surface area contributed by atoms with Crippen molar-refractivity contribution >= 4 is 11.4 Å². The minimum Gasteiger partial charge on any atom is -0.491 e. The quantitative estimate of drug-likeness (QED) is 0.340. The molecule has 4 heteroatoms. The standard InChI is InChI=1S/C23H24N2O2/c1-3-26-16-17-27-23-14-8-20(9-15-23)19-6-12-22(13-7-19)25-24-21-10-4-18(2)5-11-21/h4-15H,3,16-17H2,1-2H3. The Hall–Kier alpha value is -2.98. The first-order valence-electron chi connectivity index (χ1n) is 9.14. The number of aryl methyl sites for hydroxylation is 1. The fraction of sp³-hybridized carbons (Fsp3) is 0.217. The molecule has 3 aromatic rings. The number of nitrogens with zero attached hydrogens (tertiary/aromatic N) is 2. The molecule has 3 rings (SSSR count). The van der Waals surface area contributed by atoms with E-state index in [1.54, 1.807) is 0 Å². The number of azo groups is 1. The lowest BCUT2D eigenvalue weighted by atomic mass is 10.1. The molecular weight excluding hydrogens is 336 g/mol. The van der Waals surface area contributed by atoms with E-state index in [0.29, 0.717) is 19.8 Å². The van der Waals surface area contributed by atoms with Gasteiger partial charge in [0, 0.05) is 6.61 Å². The van der Waals surface area contributed by atoms with E-state index in [-0.39, 0.29) is 0 Å². The topological polar surface area (TPSA) is 43.2 Å². The molecule has 0 N–H and O–H groups in total. The fourth-order valence-corrected chi connectivity index (χ4v) is 2.55. The maximum absolute atomic E-state index is 5.65. The second-order valence-corrected chi connectivity index (χ2v) is 6.15. The molecular formula is C23H24N2O2. The van der Waals surface area contributed by atoms with Gasteiger partial charge in [-0.2, -0.15) is 10.2 Å². The smallest absolute Gasteiger partial charge is 0.119 e. The Morgan fingerprint density at radius 2 is 1.19 bits per heavy atom. The number of hydrogen-bond donors (Lipinski definition) is 0. The Morgan fingerprint density at radius 1 is 0.667 bits per heavy atom. The van der Waals surface area contributed by atoms with Crippen molar-refractivity contribution in [3.05, 3.63) is 78.4 Å². The Bertz CT molecular complexity index is 854. The molecule has 4 nitrogen and oxygen atoms in total. The summed E-state index contributed by atoms with van der Waals surface area (Å²) in [5, 5.41) is 8.57. The molecule has 0 heterocycles. The van der Waals surface area contributed by atoms with Crippen LogP contribution in [-0.2, 0) is 4.74 Å². The summed E-state index contributed by atoms with van der Waals surface area (Å²) in [5.41, 5.74) is 5.16. The van der Waals surface area contributed by atoms with Crippen LogP contribution in [0.15, 0.2) is 83.0 Å². The van der Waals surface area contributed by atoms with Crippen molar-refractivity contribution in [2.24, 2.45) is 10.2 Å². The van der Waals surface area contributed by atoms with Gasteiger partial charge in [0.1, 0.15) is 12.4 Å². The van der Waals surface area contributed by atoms with Crippen molar-refractivity contribution in [2.45, 2.75) is 13.8 Å². The summed E-state index contributed by atoms with van der Waals surface area (Å²) in [6.45, 7) is 5.91. The van der Waals surface area contributed by atoms with Crippen LogP contribution in [-0.4, -0.2) is 19.8 Å². The second kappa shape index (κ2) is 9.64. The van der Waals surface area contributed by atoms with Gasteiger partial charge in [-0.25, -0.2) is 0 Å². The first-order chi connectivity index (χ1) is 13.2. The SMILES string of the molecule is CCOCCOc1ccc(-c2ccc(N=Nc3ccc(C)cc3)cc2)cc1. The van der Waals surface area contributed by atoms with Crippen LogP contribution in [0.25, 0.3) is 11.1 Å². The van der Waals surface area contributed by atoms with Crippen LogP contribution >= 0.6 is 0 Å². The van der Waals surface area contributed by atoms with E-state index in [4.69, 9.17) is 9.47 Å². The molecule has 0 aliphatic heterocycles. The van der Waals surface area contributed by atoms with E-state index >= 15 is 0 Å². The Morgan fingerprint density at radius 3 is 1.74 bits per heavy atom. The van der Waals surface area contributed by atoms with E-state index in [2.05, 4.69) is 41.4 Å². The highest BCUT2D eigenvalue weighted by Crippen LogP contribution is 2.26. The zero-order valence-electron chi connectivity index (χ0n) is 15.8. The minimum absolute atomic E-state index is 0.563. The maximum Gasteiger partial charge on any atom is 0.119 e. The van der Waals surface area contributed by atoms with Crippen molar-refractivity contribution in [3.63, 3.8) is 0 Å². The summed E-state index contributed by atoms with van der Waals surface area (Å²) in [4.78, 5) is 0. The van der Waals surface area contributed by atoms with Gasteiger partial charge in [0.2, 0.25) is 0 Å². The second-order valence-electron chi connectivity index (χ2n) is 6.15. The number of hydrogen-bond acceptors (Lipinski definition) is 4. The minimum atomic E-state index is 0.563. The van der Waals surface area contributed by atoms with Gasteiger partial charge in [-0.1, -0.05) is 42.0 Å². The molecule has 0 fully saturated rings. The molecule has 0 spiro atoms. The van der Waals surface area contributed by atoms with Gasteiger partial charge in [0.15, 0.2) is 0 Å². The molecule has 0 bridgehead atoms. The third-order valence-electron chi connectivity index (χ3n) is 4.07. The summed E-state index contributed by atoms with van der Waals surface area (Å²) < 4.78 is 10.9. The van der Waals surface area contributed by atoms with Crippen LogP contribution in [0.2, 0.25) is 0 Å². The number of benzene rings is 3. The van der Waals surface area contributed by atoms with Crippen LogP contribution in [0.4, 0.5) is 11.4 Å². The zero-order valence-corrected chi connectivity index (χ0v) is 15.8. The van der Waals surface area contributed by atoms with Crippen LogP contribution < -0.4 is 4.74 Å². The van der Waals surface area contributed by atoms with Crippen molar-refractivity contribution in [3.8, 4) is 16.9 Å². The Labute approximate surface area is 160 Å². The molecule has 0 aliphatic rings. The average molecular weight is 360 g/mol. The van der Waals surface area contributed by atoms with E-state index in [1.807, 2.05) is 55.5 Å². The summed E-state index contributed by atoms with van der Waals surface area (Å²) in [6.07, 6.45) is 0. The highest BCUT2D eigenvalue weighted by molar-refractivity contribution is 5.66. The Balaban J connectivity index is 1.60. The van der Waals surface area contributed by atoms with Gasteiger partial charge in [-0.15, -0.1) is 0 Å². The van der Waals surface area contributed by atoms with Crippen LogP contribution in [0.5, 0.6) is 5.75 Å². The molecule has 0 saturated heterocycles. The highest BCUT2D eigenvalue weighted by atomic mass is 16.5. The van der Waals surface area contributed by atoms with Gasteiger partial charge in [0.05, 0.1) is 18.0 Å². The van der Waals surface area contributed by atoms with Crippen molar-refractivity contribution < 1.29 is 9.47 Å². The van der Waals surface area contributed by atoms with Gasteiger partial charge in [-0.05, 0) is 61.4 Å². The van der Waals surface area contributed by atoms with Crippen LogP contribution in [0.3, 0.4) is 0 Å². The first-order valence-corrected chi connectivity index (χ1v) is 9.14. The molecule has 0 saturated carbocycles. The molecule has 0 aliphatic carbocycles. The summed E-state index contributed by atoms with van der Waals surface area (Å²) in [5.74, 6) is 0.849. The van der Waals surface area contributed by atoms with Crippen molar-refractivity contribution in [1.29, 1.82) is 0 Å². The average Bonchev–Trinajstić information content (AvgIpc) is 2.72. The van der Waals surface area contributed by atoms with Gasteiger partial charge in [0.25, 0.3) is 0 Å². The third-order valence-corrected chi connectivity index (χ3v) is 4.07. The normalized spacial score (nSPS) is 11.0. The molecule has 0 atom stereocenters. The first kappa shape index (κ1) is 18.8. The fourth-order valence-electron chi connectivity index (χ4n) is 2.55. The number of rotatable bonds is 8. The lowest BCUT2D eigenvalue weighted by molar-refractivity contribution is 0.110. The van der Waals surface area contributed by atoms with E-state index in [1.165, 1.54) is 5.56 Å². The highest BCUT2D eigenvalue weighted by Gasteiger charge is 2.00. The lowest BCUT2D eigenvalue weighted by Crippen LogP contribution is -2.06. The van der Waals surface area contributed by atoms with E-state index in [0.717, 1.165) is 28.3 Å². The summed E-state index contributed by atoms with van der Waals surface area (Å²) in [7, 11) is 0. The lowest BCUT2D eigenvalue weighted by Gasteiger charge is -2.07. The van der Waals surface area contributed by atoms with Gasteiger partial charge < -0.3 is 9.47 Å². The molecule has 0 unspecified atom stereocenters. The predicted molar refractivity (Wildman–Crippen MR) is 109 cm³/mol. The third kappa shape index (κ3) is 5.76. The summed E-state index contributed by atoms with van der Waals surface area (Å²) in [6, 6.07) is 24.1. The van der Waals surface area contributed by atoms with E-state index in [9.17, 15) is 0 Å². The van der Waals surface area contributed by atoms with Gasteiger partial charge in [-0.3, -0.25) is 0 Å². The molecule has 3 aromatic carbocycles. The Kier molecular flexibility index (Phi) is 6.72. The van der Waals surface area contributed by atoms with Crippen LogP contribution in [0.1, 0.15) is 12.5 Å². The number of ether oxygens (including phenoxy) is 2. The van der Waals surface area contributed by atoms with Crippen molar-refractivity contribution in [1.82, 2.24) is 0 Å². The predicted octanol–water partition coefficient (Wildman–Crippen LogP) is 6.49. The van der Waals surface area contributed by atoms with Gasteiger partial charge >= 0.3 is 0 Å².